The molecule has 1 aliphatic heterocycles. The van der Waals surface area contributed by atoms with Gasteiger partial charge in [0.1, 0.15) is 5.25 Å². The maximum atomic E-state index is 11.7. The van der Waals surface area contributed by atoms with Crippen molar-refractivity contribution in [3.8, 4) is 0 Å². The molecule has 0 aromatic rings. The van der Waals surface area contributed by atoms with Gasteiger partial charge in [0, 0.05) is 19.5 Å². The standard InChI is InChI=1S/C16H32N2O3S/c1-2-3-4-5-6-7-8-9-10-11-12-18-14-15(13-16(18)19)22(17,20)21/h15H,2-14H2,1H3,(H2,17,20,21). The Morgan fingerprint density at radius 2 is 1.50 bits per heavy atom. The van der Waals surface area contributed by atoms with E-state index in [0.29, 0.717) is 6.54 Å². The third kappa shape index (κ3) is 7.58. The van der Waals surface area contributed by atoms with Crippen LogP contribution in [0.5, 0.6) is 0 Å². The van der Waals surface area contributed by atoms with Crippen LogP contribution in [-0.4, -0.2) is 37.6 Å². The van der Waals surface area contributed by atoms with Crippen LogP contribution in [0.15, 0.2) is 0 Å². The highest BCUT2D eigenvalue weighted by Crippen LogP contribution is 2.17. The molecular formula is C16H32N2O3S. The van der Waals surface area contributed by atoms with E-state index < -0.39 is 15.3 Å². The number of carbonyl (C=O) groups is 1. The van der Waals surface area contributed by atoms with Crippen LogP contribution in [0.25, 0.3) is 0 Å². The van der Waals surface area contributed by atoms with Crippen LogP contribution in [-0.2, 0) is 14.8 Å². The average Bonchev–Trinajstić information content (AvgIpc) is 2.82. The second-order valence-corrected chi connectivity index (χ2v) is 8.28. The first-order chi connectivity index (χ1) is 10.4. The minimum Gasteiger partial charge on any atom is -0.341 e. The Morgan fingerprint density at radius 1 is 1.00 bits per heavy atom. The molecule has 1 fully saturated rings. The van der Waals surface area contributed by atoms with E-state index in [1.54, 1.807) is 4.90 Å². The predicted octanol–water partition coefficient (Wildman–Crippen LogP) is 2.80. The van der Waals surface area contributed by atoms with Gasteiger partial charge < -0.3 is 4.90 Å². The van der Waals surface area contributed by atoms with Crippen LogP contribution >= 0.6 is 0 Å². The van der Waals surface area contributed by atoms with Crippen molar-refractivity contribution in [2.45, 2.75) is 82.8 Å². The number of unbranched alkanes of at least 4 members (excludes halogenated alkanes) is 9. The Hall–Kier alpha value is -0.620. The highest BCUT2D eigenvalue weighted by atomic mass is 32.2. The van der Waals surface area contributed by atoms with E-state index in [0.717, 1.165) is 12.8 Å². The summed E-state index contributed by atoms with van der Waals surface area (Å²) in [5.74, 6) is -0.0741. The quantitative estimate of drug-likeness (QED) is 0.558. The third-order valence-corrected chi connectivity index (χ3v) is 5.67. The Kier molecular flexibility index (Phi) is 9.02. The summed E-state index contributed by atoms with van der Waals surface area (Å²) in [7, 11) is -3.58. The number of nitrogens with two attached hydrogens (primary N) is 1. The molecule has 0 aliphatic carbocycles. The van der Waals surface area contributed by atoms with E-state index in [4.69, 9.17) is 5.14 Å². The zero-order valence-electron chi connectivity index (χ0n) is 13.9. The average molecular weight is 333 g/mol. The number of hydrogen-bond acceptors (Lipinski definition) is 3. The molecule has 22 heavy (non-hydrogen) atoms. The van der Waals surface area contributed by atoms with Crippen molar-refractivity contribution in [3.63, 3.8) is 0 Å². The second kappa shape index (κ2) is 10.2. The lowest BCUT2D eigenvalue weighted by Gasteiger charge is -2.15. The van der Waals surface area contributed by atoms with Crippen molar-refractivity contribution in [2.24, 2.45) is 5.14 Å². The molecule has 0 bridgehead atoms. The number of primary sulfonamides is 1. The number of hydrogen-bond donors (Lipinski definition) is 1. The lowest BCUT2D eigenvalue weighted by molar-refractivity contribution is -0.127. The minimum absolute atomic E-state index is 0.0522. The molecule has 0 radical (unpaired) electrons. The minimum atomic E-state index is -3.58. The summed E-state index contributed by atoms with van der Waals surface area (Å²) in [6.07, 6.45) is 12.6. The SMILES string of the molecule is CCCCCCCCCCCCN1CC(S(N)(=O)=O)CC1=O. The Bertz CT molecular complexity index is 423. The predicted molar refractivity (Wildman–Crippen MR) is 89.9 cm³/mol. The fourth-order valence-electron chi connectivity index (χ4n) is 2.96. The van der Waals surface area contributed by atoms with E-state index in [1.165, 1.54) is 51.4 Å². The maximum absolute atomic E-state index is 11.7. The molecule has 1 rings (SSSR count). The van der Waals surface area contributed by atoms with E-state index >= 15 is 0 Å². The molecule has 1 aliphatic rings. The van der Waals surface area contributed by atoms with Crippen LogP contribution in [0.2, 0.25) is 0 Å². The highest BCUT2D eigenvalue weighted by molar-refractivity contribution is 7.89. The van der Waals surface area contributed by atoms with Crippen LogP contribution in [0.3, 0.4) is 0 Å². The maximum Gasteiger partial charge on any atom is 0.224 e. The topological polar surface area (TPSA) is 80.5 Å². The summed E-state index contributed by atoms with van der Waals surface area (Å²) >= 11 is 0. The third-order valence-electron chi connectivity index (χ3n) is 4.43. The van der Waals surface area contributed by atoms with Gasteiger partial charge in [-0.05, 0) is 6.42 Å². The van der Waals surface area contributed by atoms with Crippen molar-refractivity contribution >= 4 is 15.9 Å². The van der Waals surface area contributed by atoms with E-state index in [9.17, 15) is 13.2 Å². The van der Waals surface area contributed by atoms with E-state index in [2.05, 4.69) is 6.92 Å². The molecule has 2 N–H and O–H groups in total. The summed E-state index contributed by atoms with van der Waals surface area (Å²) in [6, 6.07) is 0. The van der Waals surface area contributed by atoms with Gasteiger partial charge in [-0.25, -0.2) is 13.6 Å². The number of sulfonamides is 1. The molecule has 1 amide bonds. The van der Waals surface area contributed by atoms with Gasteiger partial charge in [0.05, 0.1) is 0 Å². The van der Waals surface area contributed by atoms with Crippen molar-refractivity contribution in [3.05, 3.63) is 0 Å². The number of likely N-dealkylation sites (tertiary alicyclic amines) is 1. The smallest absolute Gasteiger partial charge is 0.224 e. The summed E-state index contributed by atoms with van der Waals surface area (Å²) < 4.78 is 22.5. The van der Waals surface area contributed by atoms with Gasteiger partial charge in [-0.3, -0.25) is 4.79 Å². The van der Waals surface area contributed by atoms with E-state index in [1.807, 2.05) is 0 Å². The molecule has 0 spiro atoms. The normalized spacial score (nSPS) is 19.1. The molecule has 5 nitrogen and oxygen atoms in total. The molecule has 6 heteroatoms. The first kappa shape index (κ1) is 19.4. The fourth-order valence-corrected chi connectivity index (χ4v) is 3.72. The van der Waals surface area contributed by atoms with Gasteiger partial charge in [0.2, 0.25) is 15.9 Å². The number of rotatable bonds is 12. The van der Waals surface area contributed by atoms with Crippen LogP contribution < -0.4 is 5.14 Å². The van der Waals surface area contributed by atoms with Crippen LogP contribution in [0, 0.1) is 0 Å². The number of amides is 1. The monoisotopic (exact) mass is 332 g/mol. The van der Waals surface area contributed by atoms with Crippen molar-refractivity contribution in [2.75, 3.05) is 13.1 Å². The van der Waals surface area contributed by atoms with Gasteiger partial charge in [-0.2, -0.15) is 0 Å². The number of nitrogens with zero attached hydrogens (tertiary/aromatic N) is 1. The molecule has 0 aromatic heterocycles. The zero-order chi connectivity index (χ0) is 16.4. The lowest BCUT2D eigenvalue weighted by Crippen LogP contribution is -2.32. The summed E-state index contributed by atoms with van der Waals surface area (Å²) in [4.78, 5) is 13.4. The second-order valence-electron chi connectivity index (χ2n) is 6.44. The van der Waals surface area contributed by atoms with Gasteiger partial charge in [0.25, 0.3) is 0 Å². The van der Waals surface area contributed by atoms with Crippen molar-refractivity contribution < 1.29 is 13.2 Å². The summed E-state index contributed by atoms with van der Waals surface area (Å²) in [5, 5.41) is 4.41. The van der Waals surface area contributed by atoms with Gasteiger partial charge >= 0.3 is 0 Å². The molecule has 1 saturated heterocycles. The van der Waals surface area contributed by atoms with Crippen LogP contribution in [0.1, 0.15) is 77.6 Å². The molecule has 1 heterocycles. The van der Waals surface area contributed by atoms with Crippen molar-refractivity contribution in [1.29, 1.82) is 0 Å². The lowest BCUT2D eigenvalue weighted by atomic mass is 10.1. The van der Waals surface area contributed by atoms with E-state index in [-0.39, 0.29) is 18.9 Å². The largest absolute Gasteiger partial charge is 0.341 e. The van der Waals surface area contributed by atoms with Gasteiger partial charge in [-0.1, -0.05) is 64.7 Å². The molecule has 1 unspecified atom stereocenters. The highest BCUT2D eigenvalue weighted by Gasteiger charge is 2.35. The molecular weight excluding hydrogens is 300 g/mol. The fraction of sp³-hybridized carbons (Fsp3) is 0.938. The summed E-state index contributed by atoms with van der Waals surface area (Å²) in [6.45, 7) is 3.17. The zero-order valence-corrected chi connectivity index (χ0v) is 14.7. The Labute approximate surface area is 135 Å². The number of carbonyl (C=O) groups excluding carboxylic acids is 1. The first-order valence-corrected chi connectivity index (χ1v) is 10.4. The van der Waals surface area contributed by atoms with Crippen molar-refractivity contribution in [1.82, 2.24) is 4.90 Å². The Balaban J connectivity index is 2.00. The van der Waals surface area contributed by atoms with Gasteiger partial charge in [0.15, 0.2) is 0 Å². The van der Waals surface area contributed by atoms with Gasteiger partial charge in [-0.15, -0.1) is 0 Å². The molecule has 130 valence electrons. The first-order valence-electron chi connectivity index (χ1n) is 8.74. The molecule has 0 aromatic carbocycles. The Morgan fingerprint density at radius 3 is 1.95 bits per heavy atom. The molecule has 1 atom stereocenters. The summed E-state index contributed by atoms with van der Waals surface area (Å²) in [5.41, 5.74) is 0. The van der Waals surface area contributed by atoms with Crippen LogP contribution in [0.4, 0.5) is 0 Å². The molecule has 0 saturated carbocycles.